The van der Waals surface area contributed by atoms with Gasteiger partial charge in [0.05, 0.1) is 15.9 Å². The van der Waals surface area contributed by atoms with Crippen molar-refractivity contribution in [3.63, 3.8) is 0 Å². The molecule has 2 N–H and O–H groups in total. The molecule has 0 radical (unpaired) electrons. The van der Waals surface area contributed by atoms with Crippen LogP contribution in [-0.2, 0) is 0 Å². The van der Waals surface area contributed by atoms with E-state index in [4.69, 9.17) is 0 Å². The molecule has 2 aromatic rings. The van der Waals surface area contributed by atoms with Gasteiger partial charge in [0.25, 0.3) is 0 Å². The Labute approximate surface area is 89.1 Å². The van der Waals surface area contributed by atoms with Gasteiger partial charge in [0.2, 0.25) is 5.95 Å². The van der Waals surface area contributed by atoms with Gasteiger partial charge in [-0.1, -0.05) is 0 Å². The van der Waals surface area contributed by atoms with Crippen molar-refractivity contribution in [1.82, 2.24) is 20.2 Å². The summed E-state index contributed by atoms with van der Waals surface area (Å²) in [6.45, 7) is 1.90. The summed E-state index contributed by atoms with van der Waals surface area (Å²) in [5, 5.41) is 9.77. The van der Waals surface area contributed by atoms with Crippen LogP contribution in [0.4, 0.5) is 11.6 Å². The number of hydrogen-bond donors (Lipinski definition) is 2. The number of aromatic amines is 1. The van der Waals surface area contributed by atoms with Gasteiger partial charge in [-0.15, -0.1) is 0 Å². The highest BCUT2D eigenvalue weighted by molar-refractivity contribution is 9.10. The van der Waals surface area contributed by atoms with Crippen LogP contribution in [0, 0.1) is 6.92 Å². The van der Waals surface area contributed by atoms with Crippen molar-refractivity contribution in [2.24, 2.45) is 0 Å². The Balaban J connectivity index is 2.19. The smallest absolute Gasteiger partial charge is 0.227 e. The van der Waals surface area contributed by atoms with E-state index in [0.29, 0.717) is 5.95 Å². The first-order chi connectivity index (χ1) is 6.75. The first kappa shape index (κ1) is 9.14. The number of rotatable bonds is 2. The van der Waals surface area contributed by atoms with Crippen LogP contribution in [0.5, 0.6) is 0 Å². The van der Waals surface area contributed by atoms with Gasteiger partial charge in [-0.05, 0) is 22.9 Å². The molecule has 2 aromatic heterocycles. The first-order valence-electron chi connectivity index (χ1n) is 4.00. The lowest BCUT2D eigenvalue weighted by atomic mass is 10.4. The number of nitrogens with one attached hydrogen (secondary N) is 2. The van der Waals surface area contributed by atoms with Gasteiger partial charge in [0, 0.05) is 18.6 Å². The minimum absolute atomic E-state index is 0.553. The standard InChI is InChI=1S/C8H8BrN5/c1-5-7(4-12-14-5)13-8-10-2-6(9)3-11-8/h2-4H,1H3,(H,12,14)(H,10,11,13). The monoisotopic (exact) mass is 253 g/mol. The fourth-order valence-electron chi connectivity index (χ4n) is 0.982. The van der Waals surface area contributed by atoms with Crippen LogP contribution in [0.1, 0.15) is 5.69 Å². The SMILES string of the molecule is Cc1n[nH]cc1Nc1ncc(Br)cn1. The lowest BCUT2D eigenvalue weighted by molar-refractivity contribution is 1.05. The van der Waals surface area contributed by atoms with E-state index < -0.39 is 0 Å². The summed E-state index contributed by atoms with van der Waals surface area (Å²) < 4.78 is 0.854. The van der Waals surface area contributed by atoms with Crippen molar-refractivity contribution < 1.29 is 0 Å². The number of hydrogen-bond acceptors (Lipinski definition) is 4. The maximum atomic E-state index is 4.08. The van der Waals surface area contributed by atoms with Gasteiger partial charge >= 0.3 is 0 Å². The lowest BCUT2D eigenvalue weighted by Gasteiger charge is -2.01. The molecule has 0 aliphatic heterocycles. The number of aromatic nitrogens is 4. The largest absolute Gasteiger partial charge is 0.321 e. The van der Waals surface area contributed by atoms with Crippen molar-refractivity contribution in [1.29, 1.82) is 0 Å². The number of halogens is 1. The lowest BCUT2D eigenvalue weighted by Crippen LogP contribution is -1.96. The first-order valence-corrected chi connectivity index (χ1v) is 4.80. The Morgan fingerprint density at radius 2 is 2.07 bits per heavy atom. The second-order valence-electron chi connectivity index (χ2n) is 2.73. The summed E-state index contributed by atoms with van der Waals surface area (Å²) in [6.07, 6.45) is 5.14. The molecule has 5 nitrogen and oxygen atoms in total. The van der Waals surface area contributed by atoms with Crippen molar-refractivity contribution in [3.05, 3.63) is 28.8 Å². The molecule has 0 fully saturated rings. The van der Waals surface area contributed by atoms with Crippen molar-refractivity contribution in [2.45, 2.75) is 6.92 Å². The fraction of sp³-hybridized carbons (Fsp3) is 0.125. The third kappa shape index (κ3) is 1.90. The second kappa shape index (κ2) is 3.75. The predicted molar refractivity (Wildman–Crippen MR) is 56.3 cm³/mol. The zero-order valence-corrected chi connectivity index (χ0v) is 9.04. The van der Waals surface area contributed by atoms with Crippen molar-refractivity contribution in [2.75, 3.05) is 5.32 Å². The third-order valence-corrected chi connectivity index (χ3v) is 2.11. The van der Waals surface area contributed by atoms with Gasteiger partial charge < -0.3 is 5.32 Å². The molecule has 0 bridgehead atoms. The van der Waals surface area contributed by atoms with Gasteiger partial charge in [-0.2, -0.15) is 5.10 Å². The Morgan fingerprint density at radius 1 is 1.36 bits per heavy atom. The van der Waals surface area contributed by atoms with E-state index >= 15 is 0 Å². The minimum Gasteiger partial charge on any atom is -0.321 e. The van der Waals surface area contributed by atoms with Crippen LogP contribution in [0.25, 0.3) is 0 Å². The Bertz CT molecular complexity index is 422. The molecule has 0 saturated heterocycles. The van der Waals surface area contributed by atoms with E-state index in [9.17, 15) is 0 Å². The van der Waals surface area contributed by atoms with Crippen LogP contribution < -0.4 is 5.32 Å². The molecule has 2 rings (SSSR count). The number of anilines is 2. The summed E-state index contributed by atoms with van der Waals surface area (Å²) in [5.41, 5.74) is 1.77. The summed E-state index contributed by atoms with van der Waals surface area (Å²) in [6, 6.07) is 0. The molecule has 6 heteroatoms. The Hall–Kier alpha value is -1.43. The Morgan fingerprint density at radius 3 is 2.64 bits per heavy atom. The highest BCUT2D eigenvalue weighted by atomic mass is 79.9. The van der Waals surface area contributed by atoms with Gasteiger partial charge in [0.15, 0.2) is 0 Å². The van der Waals surface area contributed by atoms with Crippen LogP contribution >= 0.6 is 15.9 Å². The molecule has 0 unspecified atom stereocenters. The summed E-state index contributed by atoms with van der Waals surface area (Å²) in [7, 11) is 0. The molecule has 0 atom stereocenters. The van der Waals surface area contributed by atoms with E-state index in [1.165, 1.54) is 0 Å². The molecular formula is C8H8BrN5. The average Bonchev–Trinajstić information content (AvgIpc) is 2.56. The zero-order chi connectivity index (χ0) is 9.97. The fourth-order valence-corrected chi connectivity index (χ4v) is 1.19. The number of nitrogens with zero attached hydrogens (tertiary/aromatic N) is 3. The van der Waals surface area contributed by atoms with Gasteiger partial charge in [-0.25, -0.2) is 9.97 Å². The van der Waals surface area contributed by atoms with Gasteiger partial charge in [-0.3, -0.25) is 5.10 Å². The maximum absolute atomic E-state index is 4.08. The Kier molecular flexibility index (Phi) is 2.45. The highest BCUT2D eigenvalue weighted by Gasteiger charge is 2.01. The van der Waals surface area contributed by atoms with E-state index in [2.05, 4.69) is 41.4 Å². The molecule has 0 aliphatic rings. The van der Waals surface area contributed by atoms with E-state index in [1.54, 1.807) is 18.6 Å². The minimum atomic E-state index is 0.553. The molecule has 0 spiro atoms. The summed E-state index contributed by atoms with van der Waals surface area (Å²) in [5.74, 6) is 0.553. The highest BCUT2D eigenvalue weighted by Crippen LogP contribution is 2.15. The number of H-pyrrole nitrogens is 1. The molecule has 2 heterocycles. The number of aryl methyl sites for hydroxylation is 1. The van der Waals surface area contributed by atoms with Crippen molar-refractivity contribution >= 4 is 27.6 Å². The molecule has 72 valence electrons. The normalized spacial score (nSPS) is 10.1. The molecule has 0 saturated carbocycles. The van der Waals surface area contributed by atoms with Gasteiger partial charge in [0.1, 0.15) is 0 Å². The molecule has 0 amide bonds. The van der Waals surface area contributed by atoms with Crippen LogP contribution in [0.2, 0.25) is 0 Å². The molecule has 0 aromatic carbocycles. The second-order valence-corrected chi connectivity index (χ2v) is 3.65. The molecular weight excluding hydrogens is 246 g/mol. The zero-order valence-electron chi connectivity index (χ0n) is 7.45. The van der Waals surface area contributed by atoms with Crippen LogP contribution in [0.3, 0.4) is 0 Å². The molecule has 14 heavy (non-hydrogen) atoms. The quantitative estimate of drug-likeness (QED) is 0.860. The van der Waals surface area contributed by atoms with E-state index in [1.807, 2.05) is 6.92 Å². The van der Waals surface area contributed by atoms with E-state index in [-0.39, 0.29) is 0 Å². The topological polar surface area (TPSA) is 66.5 Å². The predicted octanol–water partition coefficient (Wildman–Crippen LogP) is 2.01. The van der Waals surface area contributed by atoms with Crippen LogP contribution in [-0.4, -0.2) is 20.2 Å². The third-order valence-electron chi connectivity index (χ3n) is 1.70. The average molecular weight is 254 g/mol. The van der Waals surface area contributed by atoms with Crippen molar-refractivity contribution in [3.8, 4) is 0 Å². The summed E-state index contributed by atoms with van der Waals surface area (Å²) >= 11 is 3.27. The van der Waals surface area contributed by atoms with Crippen LogP contribution in [0.15, 0.2) is 23.1 Å². The maximum Gasteiger partial charge on any atom is 0.227 e. The summed E-state index contributed by atoms with van der Waals surface area (Å²) in [4.78, 5) is 8.17. The molecule has 0 aliphatic carbocycles. The van der Waals surface area contributed by atoms with E-state index in [0.717, 1.165) is 15.9 Å².